The van der Waals surface area contributed by atoms with E-state index in [1.54, 1.807) is 6.20 Å². The van der Waals surface area contributed by atoms with Crippen molar-refractivity contribution in [3.63, 3.8) is 0 Å². The standard InChI is InChI=1S/C10H11F3N4S2/c1-3-6-4-14-7(18-6)5(2)15-9-16-8(17-19-9)10(11,12)13/h4-5H,3H2,1-2H3,(H,15,16,17). The Kier molecular flexibility index (Phi) is 4.04. The predicted octanol–water partition coefficient (Wildman–Crippen LogP) is 3.75. The number of nitrogens with zero attached hydrogens (tertiary/aromatic N) is 3. The van der Waals surface area contributed by atoms with Gasteiger partial charge in [0.1, 0.15) is 5.01 Å². The molecule has 1 atom stereocenters. The fourth-order valence-corrected chi connectivity index (χ4v) is 2.86. The van der Waals surface area contributed by atoms with Crippen LogP contribution in [0.1, 0.15) is 35.6 Å². The van der Waals surface area contributed by atoms with Crippen molar-refractivity contribution in [2.45, 2.75) is 32.5 Å². The number of aryl methyl sites for hydroxylation is 1. The third-order valence-electron chi connectivity index (χ3n) is 2.31. The Balaban J connectivity index is 2.06. The van der Waals surface area contributed by atoms with Crippen molar-refractivity contribution in [1.82, 2.24) is 14.3 Å². The zero-order valence-corrected chi connectivity index (χ0v) is 11.8. The van der Waals surface area contributed by atoms with Crippen molar-refractivity contribution in [1.29, 1.82) is 0 Å². The van der Waals surface area contributed by atoms with Gasteiger partial charge in [-0.05, 0) is 13.3 Å². The SMILES string of the molecule is CCc1cnc(C(C)Nc2nc(C(F)(F)F)ns2)s1. The van der Waals surface area contributed by atoms with Crippen LogP contribution in [0.15, 0.2) is 6.20 Å². The van der Waals surface area contributed by atoms with Crippen molar-refractivity contribution >= 4 is 28.0 Å². The molecule has 0 radical (unpaired) electrons. The summed E-state index contributed by atoms with van der Waals surface area (Å²) in [6, 6.07) is -0.195. The number of rotatable bonds is 4. The van der Waals surface area contributed by atoms with E-state index in [4.69, 9.17) is 0 Å². The Bertz CT molecular complexity index is 549. The molecule has 2 rings (SSSR count). The average molecular weight is 308 g/mol. The first-order valence-corrected chi connectivity index (χ1v) is 7.11. The predicted molar refractivity (Wildman–Crippen MR) is 68.4 cm³/mol. The Morgan fingerprint density at radius 2 is 2.16 bits per heavy atom. The molecule has 0 aliphatic carbocycles. The smallest absolute Gasteiger partial charge is 0.351 e. The van der Waals surface area contributed by atoms with Gasteiger partial charge in [-0.15, -0.1) is 11.3 Å². The lowest BCUT2D eigenvalue weighted by Crippen LogP contribution is -2.09. The van der Waals surface area contributed by atoms with E-state index < -0.39 is 12.0 Å². The van der Waals surface area contributed by atoms with E-state index in [2.05, 4.69) is 19.7 Å². The molecule has 4 nitrogen and oxygen atoms in total. The van der Waals surface area contributed by atoms with E-state index in [9.17, 15) is 13.2 Å². The first kappa shape index (κ1) is 14.2. The molecule has 1 N–H and O–H groups in total. The molecule has 19 heavy (non-hydrogen) atoms. The van der Waals surface area contributed by atoms with Crippen LogP contribution < -0.4 is 5.32 Å². The van der Waals surface area contributed by atoms with Crippen LogP contribution in [-0.4, -0.2) is 14.3 Å². The summed E-state index contributed by atoms with van der Waals surface area (Å²) in [5.41, 5.74) is 0. The summed E-state index contributed by atoms with van der Waals surface area (Å²) in [5.74, 6) is -1.11. The van der Waals surface area contributed by atoms with Crippen molar-refractivity contribution < 1.29 is 13.2 Å². The maximum absolute atomic E-state index is 12.4. The molecular formula is C10H11F3N4S2. The van der Waals surface area contributed by atoms with Gasteiger partial charge in [0, 0.05) is 22.6 Å². The molecule has 0 aliphatic rings. The second-order valence-corrected chi connectivity index (χ2v) is 5.70. The highest BCUT2D eigenvalue weighted by molar-refractivity contribution is 7.11. The molecule has 2 heterocycles. The fourth-order valence-electron chi connectivity index (χ4n) is 1.33. The maximum atomic E-state index is 12.4. The molecule has 2 aromatic rings. The van der Waals surface area contributed by atoms with Crippen LogP contribution in [0.3, 0.4) is 0 Å². The zero-order valence-electron chi connectivity index (χ0n) is 10.2. The molecule has 0 bridgehead atoms. The van der Waals surface area contributed by atoms with Crippen LogP contribution >= 0.6 is 22.9 Å². The summed E-state index contributed by atoms with van der Waals surface area (Å²) in [7, 11) is 0. The molecule has 0 saturated carbocycles. The Morgan fingerprint density at radius 1 is 1.42 bits per heavy atom. The summed E-state index contributed by atoms with van der Waals surface area (Å²) < 4.78 is 40.3. The largest absolute Gasteiger partial charge is 0.452 e. The molecule has 0 saturated heterocycles. The van der Waals surface area contributed by atoms with E-state index >= 15 is 0 Å². The van der Waals surface area contributed by atoms with Gasteiger partial charge in [-0.2, -0.15) is 22.5 Å². The average Bonchev–Trinajstić information content (AvgIpc) is 2.95. The fraction of sp³-hybridized carbons (Fsp3) is 0.500. The van der Waals surface area contributed by atoms with Gasteiger partial charge in [0.25, 0.3) is 0 Å². The van der Waals surface area contributed by atoms with Crippen molar-refractivity contribution in [2.24, 2.45) is 0 Å². The van der Waals surface area contributed by atoms with E-state index in [0.29, 0.717) is 11.5 Å². The normalized spacial score (nSPS) is 13.5. The number of nitrogens with one attached hydrogen (secondary N) is 1. The number of hydrogen-bond acceptors (Lipinski definition) is 6. The molecule has 1 unspecified atom stereocenters. The molecule has 0 fully saturated rings. The zero-order chi connectivity index (χ0) is 14.0. The Morgan fingerprint density at radius 3 is 2.68 bits per heavy atom. The monoisotopic (exact) mass is 308 g/mol. The van der Waals surface area contributed by atoms with Crippen molar-refractivity contribution in [3.8, 4) is 0 Å². The van der Waals surface area contributed by atoms with Gasteiger partial charge in [-0.25, -0.2) is 4.98 Å². The minimum Gasteiger partial charge on any atom is -0.351 e. The van der Waals surface area contributed by atoms with Gasteiger partial charge < -0.3 is 5.32 Å². The van der Waals surface area contributed by atoms with Crippen LogP contribution in [0.5, 0.6) is 0 Å². The summed E-state index contributed by atoms with van der Waals surface area (Å²) in [4.78, 5) is 8.79. The maximum Gasteiger partial charge on any atom is 0.452 e. The van der Waals surface area contributed by atoms with Gasteiger partial charge in [0.05, 0.1) is 6.04 Å². The third kappa shape index (κ3) is 3.41. The highest BCUT2D eigenvalue weighted by Gasteiger charge is 2.36. The molecule has 0 aromatic carbocycles. The number of thiazole rings is 1. The number of alkyl halides is 3. The van der Waals surface area contributed by atoms with Crippen molar-refractivity contribution in [2.75, 3.05) is 5.32 Å². The molecule has 9 heteroatoms. The van der Waals surface area contributed by atoms with Gasteiger partial charge >= 0.3 is 6.18 Å². The number of aromatic nitrogens is 3. The first-order valence-electron chi connectivity index (χ1n) is 5.52. The highest BCUT2D eigenvalue weighted by atomic mass is 32.1. The Labute approximate surface area is 115 Å². The minimum atomic E-state index is -4.50. The molecule has 0 amide bonds. The summed E-state index contributed by atoms with van der Waals surface area (Å²) >= 11 is 2.23. The molecule has 0 aliphatic heterocycles. The summed E-state index contributed by atoms with van der Waals surface area (Å²) in [6.45, 7) is 3.85. The minimum absolute atomic E-state index is 0.146. The second-order valence-electron chi connectivity index (χ2n) is 3.81. The van der Waals surface area contributed by atoms with E-state index in [-0.39, 0.29) is 11.2 Å². The van der Waals surface area contributed by atoms with Crippen LogP contribution in [0.2, 0.25) is 0 Å². The van der Waals surface area contributed by atoms with Gasteiger partial charge in [-0.3, -0.25) is 0 Å². The van der Waals surface area contributed by atoms with Gasteiger partial charge in [0.2, 0.25) is 11.0 Å². The molecule has 2 aromatic heterocycles. The number of hydrogen-bond donors (Lipinski definition) is 1. The first-order chi connectivity index (χ1) is 8.90. The summed E-state index contributed by atoms with van der Waals surface area (Å²) in [5, 5.41) is 3.85. The quantitative estimate of drug-likeness (QED) is 0.934. The van der Waals surface area contributed by atoms with Gasteiger partial charge in [-0.1, -0.05) is 6.92 Å². The number of anilines is 1. The Hall–Kier alpha value is -1.22. The second kappa shape index (κ2) is 5.41. The summed E-state index contributed by atoms with van der Waals surface area (Å²) in [6.07, 6.45) is -1.84. The molecule has 104 valence electrons. The lowest BCUT2D eigenvalue weighted by atomic mass is 10.4. The van der Waals surface area contributed by atoms with Crippen LogP contribution in [0.4, 0.5) is 18.3 Å². The lowest BCUT2D eigenvalue weighted by Gasteiger charge is -2.08. The molecular weight excluding hydrogens is 297 g/mol. The highest BCUT2D eigenvalue weighted by Crippen LogP contribution is 2.30. The van der Waals surface area contributed by atoms with E-state index in [1.165, 1.54) is 11.3 Å². The van der Waals surface area contributed by atoms with E-state index in [0.717, 1.165) is 16.3 Å². The van der Waals surface area contributed by atoms with Crippen LogP contribution in [0.25, 0.3) is 0 Å². The molecule has 0 spiro atoms. The van der Waals surface area contributed by atoms with Gasteiger partial charge in [0.15, 0.2) is 0 Å². The number of halogens is 3. The lowest BCUT2D eigenvalue weighted by molar-refractivity contribution is -0.144. The van der Waals surface area contributed by atoms with Crippen LogP contribution in [0, 0.1) is 0 Å². The van der Waals surface area contributed by atoms with Crippen molar-refractivity contribution in [3.05, 3.63) is 21.9 Å². The van der Waals surface area contributed by atoms with Crippen LogP contribution in [-0.2, 0) is 12.6 Å². The topological polar surface area (TPSA) is 50.7 Å². The third-order valence-corrected chi connectivity index (χ3v) is 4.28. The van der Waals surface area contributed by atoms with E-state index in [1.807, 2.05) is 13.8 Å².